The van der Waals surface area contributed by atoms with Gasteiger partial charge < -0.3 is 5.73 Å². The molecule has 0 aliphatic carbocycles. The van der Waals surface area contributed by atoms with Crippen molar-refractivity contribution in [3.8, 4) is 0 Å². The van der Waals surface area contributed by atoms with Crippen LogP contribution in [0.1, 0.15) is 45.2 Å². The van der Waals surface area contributed by atoms with Crippen LogP contribution < -0.4 is 5.73 Å². The van der Waals surface area contributed by atoms with E-state index in [4.69, 9.17) is 5.73 Å². The molecule has 0 saturated heterocycles. The van der Waals surface area contributed by atoms with Crippen molar-refractivity contribution in [2.45, 2.75) is 47.0 Å². The zero-order valence-electron chi connectivity index (χ0n) is 13.9. The van der Waals surface area contributed by atoms with E-state index in [0.29, 0.717) is 5.92 Å². The van der Waals surface area contributed by atoms with Gasteiger partial charge in [0.2, 0.25) is 0 Å². The number of nitrogens with two attached hydrogens (primary N) is 1. The van der Waals surface area contributed by atoms with Crippen molar-refractivity contribution >= 4 is 5.69 Å². The molecule has 0 saturated carbocycles. The van der Waals surface area contributed by atoms with Gasteiger partial charge in [0, 0.05) is 5.69 Å². The van der Waals surface area contributed by atoms with Gasteiger partial charge in [0.1, 0.15) is 0 Å². The minimum atomic E-state index is 0.420. The Morgan fingerprint density at radius 2 is 2.00 bits per heavy atom. The first kappa shape index (κ1) is 17.3. The molecular formula is C20H29N. The Bertz CT molecular complexity index is 535. The van der Waals surface area contributed by atoms with E-state index in [-0.39, 0.29) is 0 Å². The van der Waals surface area contributed by atoms with Crippen molar-refractivity contribution in [3.05, 3.63) is 65.3 Å². The quantitative estimate of drug-likeness (QED) is 0.520. The van der Waals surface area contributed by atoms with Crippen molar-refractivity contribution in [2.75, 3.05) is 5.73 Å². The Morgan fingerprint density at radius 3 is 2.52 bits per heavy atom. The molecular weight excluding hydrogens is 254 g/mol. The minimum Gasteiger partial charge on any atom is -0.398 e. The fourth-order valence-electron chi connectivity index (χ4n) is 2.37. The molecule has 1 nitrogen and oxygen atoms in total. The normalized spacial score (nSPS) is 13.6. The van der Waals surface area contributed by atoms with Gasteiger partial charge in [0.15, 0.2) is 0 Å². The van der Waals surface area contributed by atoms with Crippen molar-refractivity contribution in [1.82, 2.24) is 0 Å². The maximum absolute atomic E-state index is 6.07. The molecule has 1 heteroatoms. The summed E-state index contributed by atoms with van der Waals surface area (Å²) in [6.45, 7) is 12.8. The molecule has 0 spiro atoms. The lowest BCUT2D eigenvalue weighted by molar-refractivity contribution is 0.696. The minimum absolute atomic E-state index is 0.420. The van der Waals surface area contributed by atoms with Gasteiger partial charge in [-0.15, -0.1) is 0 Å². The lowest BCUT2D eigenvalue weighted by Crippen LogP contribution is -2.03. The lowest BCUT2D eigenvalue weighted by Gasteiger charge is -2.13. The van der Waals surface area contributed by atoms with E-state index in [1.54, 1.807) is 0 Å². The van der Waals surface area contributed by atoms with Crippen LogP contribution in [0.15, 0.2) is 54.2 Å². The predicted molar refractivity (Wildman–Crippen MR) is 95.4 cm³/mol. The van der Waals surface area contributed by atoms with Crippen molar-refractivity contribution in [2.24, 2.45) is 5.92 Å². The Hall–Kier alpha value is -1.76. The van der Waals surface area contributed by atoms with Crippen molar-refractivity contribution < 1.29 is 0 Å². The maximum Gasteiger partial charge on any atom is 0.0349 e. The van der Waals surface area contributed by atoms with Crippen LogP contribution in [0.4, 0.5) is 5.69 Å². The summed E-state index contributed by atoms with van der Waals surface area (Å²) in [4.78, 5) is 0. The third-order valence-corrected chi connectivity index (χ3v) is 4.06. The number of rotatable bonds is 7. The zero-order chi connectivity index (χ0) is 15.8. The van der Waals surface area contributed by atoms with Crippen LogP contribution in [0.3, 0.4) is 0 Å². The van der Waals surface area contributed by atoms with E-state index >= 15 is 0 Å². The summed E-state index contributed by atoms with van der Waals surface area (Å²) in [5, 5.41) is 0. The molecule has 0 aliphatic heterocycles. The molecule has 2 N–H and O–H groups in total. The highest BCUT2D eigenvalue weighted by atomic mass is 14.6. The fourth-order valence-corrected chi connectivity index (χ4v) is 2.37. The van der Waals surface area contributed by atoms with Crippen LogP contribution in [0, 0.1) is 5.92 Å². The van der Waals surface area contributed by atoms with E-state index in [9.17, 15) is 0 Å². The van der Waals surface area contributed by atoms with Crippen LogP contribution in [-0.2, 0) is 12.8 Å². The second kappa shape index (κ2) is 8.51. The average molecular weight is 283 g/mol. The highest BCUT2D eigenvalue weighted by Gasteiger charge is 2.07. The monoisotopic (exact) mass is 283 g/mol. The third-order valence-electron chi connectivity index (χ3n) is 4.06. The molecule has 1 rings (SSSR count). The molecule has 0 radical (unpaired) electrons. The Balaban J connectivity index is 2.70. The Kier molecular flexibility index (Phi) is 7.01. The first-order valence-corrected chi connectivity index (χ1v) is 7.91. The number of hydrogen-bond donors (Lipinski definition) is 1. The average Bonchev–Trinajstić information content (AvgIpc) is 2.48. The van der Waals surface area contributed by atoms with Gasteiger partial charge in [0.05, 0.1) is 0 Å². The molecule has 0 aliphatic rings. The molecule has 1 atom stereocenters. The largest absolute Gasteiger partial charge is 0.398 e. The third kappa shape index (κ3) is 5.26. The summed E-state index contributed by atoms with van der Waals surface area (Å²) in [5.41, 5.74) is 12.0. The second-order valence-corrected chi connectivity index (χ2v) is 5.62. The molecule has 1 aromatic rings. The molecule has 1 aromatic carbocycles. The van der Waals surface area contributed by atoms with Gasteiger partial charge in [-0.05, 0) is 49.3 Å². The number of nitrogen functional groups attached to an aromatic ring is 1. The van der Waals surface area contributed by atoms with Crippen LogP contribution >= 0.6 is 0 Å². The summed E-state index contributed by atoms with van der Waals surface area (Å²) in [7, 11) is 0. The van der Waals surface area contributed by atoms with Gasteiger partial charge in [-0.3, -0.25) is 0 Å². The first-order valence-electron chi connectivity index (χ1n) is 7.91. The summed E-state index contributed by atoms with van der Waals surface area (Å²) >= 11 is 0. The summed E-state index contributed by atoms with van der Waals surface area (Å²) in [6, 6.07) is 6.44. The van der Waals surface area contributed by atoms with Gasteiger partial charge in [-0.1, -0.05) is 68.9 Å². The van der Waals surface area contributed by atoms with Crippen LogP contribution in [-0.4, -0.2) is 0 Å². The molecule has 0 unspecified atom stereocenters. The zero-order valence-corrected chi connectivity index (χ0v) is 13.9. The van der Waals surface area contributed by atoms with Crippen molar-refractivity contribution in [1.29, 1.82) is 0 Å². The number of benzene rings is 1. The SMILES string of the molecule is C=C(/C=C\C(=C/C)CC)[C@@H](C)Cc1ccc(CC)c(N)c1. The molecule has 0 amide bonds. The van der Waals surface area contributed by atoms with Gasteiger partial charge >= 0.3 is 0 Å². The topological polar surface area (TPSA) is 26.0 Å². The van der Waals surface area contributed by atoms with Gasteiger partial charge in [0.25, 0.3) is 0 Å². The first-order chi connectivity index (χ1) is 10.0. The van der Waals surface area contributed by atoms with E-state index < -0.39 is 0 Å². The second-order valence-electron chi connectivity index (χ2n) is 5.62. The number of allylic oxidation sites excluding steroid dienone is 5. The molecule has 0 fully saturated rings. The molecule has 0 aromatic heterocycles. The van der Waals surface area contributed by atoms with E-state index in [1.807, 2.05) is 0 Å². The summed E-state index contributed by atoms with van der Waals surface area (Å²) in [6.07, 6.45) is 9.50. The fraction of sp³-hybridized carbons (Fsp3) is 0.400. The smallest absolute Gasteiger partial charge is 0.0349 e. The van der Waals surface area contributed by atoms with Crippen LogP contribution in [0.5, 0.6) is 0 Å². The van der Waals surface area contributed by atoms with E-state index in [1.165, 1.54) is 22.3 Å². The van der Waals surface area contributed by atoms with Crippen LogP contribution in [0.2, 0.25) is 0 Å². The molecule has 0 heterocycles. The highest BCUT2D eigenvalue weighted by Crippen LogP contribution is 2.21. The maximum atomic E-state index is 6.07. The number of aryl methyl sites for hydroxylation is 1. The van der Waals surface area contributed by atoms with Gasteiger partial charge in [-0.25, -0.2) is 0 Å². The highest BCUT2D eigenvalue weighted by molar-refractivity contribution is 5.49. The van der Waals surface area contributed by atoms with E-state index in [0.717, 1.165) is 24.9 Å². The summed E-state index contributed by atoms with van der Waals surface area (Å²) in [5.74, 6) is 0.420. The molecule has 114 valence electrons. The Labute approximate surface area is 130 Å². The standard InChI is InChI=1S/C20H29N/c1-6-17(7-2)10-9-15(4)16(5)13-18-11-12-19(8-3)20(21)14-18/h6,9-12,14,16H,4,7-8,13,21H2,1-3,5H3/b10-9-,17-6-/t16-/m0/s1. The molecule has 21 heavy (non-hydrogen) atoms. The lowest BCUT2D eigenvalue weighted by atomic mass is 9.92. The van der Waals surface area contributed by atoms with E-state index in [2.05, 4.69) is 70.7 Å². The predicted octanol–water partition coefficient (Wildman–Crippen LogP) is 5.48. The van der Waals surface area contributed by atoms with Crippen LogP contribution in [0.25, 0.3) is 0 Å². The van der Waals surface area contributed by atoms with Gasteiger partial charge in [-0.2, -0.15) is 0 Å². The van der Waals surface area contributed by atoms with Crippen molar-refractivity contribution in [3.63, 3.8) is 0 Å². The number of anilines is 1. The molecule has 0 bridgehead atoms. The Morgan fingerprint density at radius 1 is 1.29 bits per heavy atom. The number of hydrogen-bond acceptors (Lipinski definition) is 1. The summed E-state index contributed by atoms with van der Waals surface area (Å²) < 4.78 is 0.